The van der Waals surface area contributed by atoms with Crippen LogP contribution in [0.25, 0.3) is 6.08 Å². The van der Waals surface area contributed by atoms with Crippen LogP contribution in [0.1, 0.15) is 37.0 Å². The Morgan fingerprint density at radius 1 is 1.06 bits per heavy atom. The highest BCUT2D eigenvalue weighted by molar-refractivity contribution is 5.96. The largest absolute Gasteiger partial charge is 0.462 e. The number of ether oxygens (including phenoxy) is 5. The van der Waals surface area contributed by atoms with Crippen molar-refractivity contribution in [3.63, 3.8) is 0 Å². The van der Waals surface area contributed by atoms with Gasteiger partial charge in [0.25, 0.3) is 0 Å². The van der Waals surface area contributed by atoms with E-state index in [9.17, 15) is 24.3 Å². The van der Waals surface area contributed by atoms with Crippen LogP contribution in [0.3, 0.4) is 0 Å². The lowest BCUT2D eigenvalue weighted by molar-refractivity contribution is -0.204. The van der Waals surface area contributed by atoms with Crippen LogP contribution in [-0.2, 0) is 65.5 Å². The molecule has 8 unspecified atom stereocenters. The number of esters is 3. The maximum Gasteiger partial charge on any atom is 0.348 e. The molecule has 4 aliphatic heterocycles. The quantitative estimate of drug-likeness (QED) is 0.179. The number of nitrogens with zero attached hydrogens (tertiary/aromatic N) is 2. The van der Waals surface area contributed by atoms with Crippen molar-refractivity contribution >= 4 is 35.8 Å². The number of hydroxylamine groups is 2. The number of benzene rings is 2. The molecule has 2 amide bonds. The van der Waals surface area contributed by atoms with Gasteiger partial charge in [0.2, 0.25) is 17.9 Å². The van der Waals surface area contributed by atoms with Gasteiger partial charge in [0.05, 0.1) is 13.2 Å². The molecule has 0 spiro atoms. The van der Waals surface area contributed by atoms with Gasteiger partial charge in [-0.15, -0.1) is 0 Å². The Morgan fingerprint density at radius 3 is 2.53 bits per heavy atom. The van der Waals surface area contributed by atoms with Crippen molar-refractivity contribution in [3.8, 4) is 0 Å². The van der Waals surface area contributed by atoms with Gasteiger partial charge in [-0.25, -0.2) is 9.59 Å². The number of nitrogens with one attached hydrogen (secondary N) is 1. The Hall–Kier alpha value is -4.67. The van der Waals surface area contributed by atoms with Gasteiger partial charge in [-0.1, -0.05) is 68.4 Å². The Bertz CT molecular complexity index is 1780. The van der Waals surface area contributed by atoms with Gasteiger partial charge < -0.3 is 39.0 Å². The van der Waals surface area contributed by atoms with Crippen LogP contribution in [0.2, 0.25) is 0 Å². The number of fused-ring (bicyclic) bond motifs is 4. The van der Waals surface area contributed by atoms with E-state index >= 15 is 4.79 Å². The van der Waals surface area contributed by atoms with Gasteiger partial charge in [-0.05, 0) is 22.8 Å². The monoisotopic (exact) mass is 733 g/mol. The van der Waals surface area contributed by atoms with E-state index in [0.717, 1.165) is 5.56 Å². The van der Waals surface area contributed by atoms with E-state index in [0.29, 0.717) is 11.1 Å². The summed E-state index contributed by atoms with van der Waals surface area (Å²) in [5.74, 6) is -2.96. The van der Waals surface area contributed by atoms with E-state index in [1.165, 1.54) is 23.1 Å². The van der Waals surface area contributed by atoms with Gasteiger partial charge in [0.15, 0.2) is 6.04 Å². The van der Waals surface area contributed by atoms with Crippen LogP contribution in [0.4, 0.5) is 0 Å². The maximum atomic E-state index is 15.1. The fourth-order valence-corrected chi connectivity index (χ4v) is 8.08. The average Bonchev–Trinajstić information content (AvgIpc) is 3.84. The van der Waals surface area contributed by atoms with Crippen molar-refractivity contribution in [2.24, 2.45) is 10.8 Å². The van der Waals surface area contributed by atoms with Crippen molar-refractivity contribution in [3.05, 3.63) is 77.4 Å². The van der Waals surface area contributed by atoms with Gasteiger partial charge >= 0.3 is 17.9 Å². The molecule has 2 N–H and O–H groups in total. The molecular weight excluding hydrogens is 690 g/mol. The fourth-order valence-electron chi connectivity index (χ4n) is 8.08. The normalized spacial score (nSPS) is 30.3. The lowest BCUT2D eigenvalue weighted by Crippen LogP contribution is -2.70. The van der Waals surface area contributed by atoms with Crippen LogP contribution in [0.15, 0.2) is 60.7 Å². The molecule has 2 bridgehead atoms. The van der Waals surface area contributed by atoms with E-state index < -0.39 is 83.2 Å². The molecule has 5 aliphatic rings. The number of cyclic esters (lactones) is 1. The lowest BCUT2D eigenvalue weighted by atomic mass is 9.62. The summed E-state index contributed by atoms with van der Waals surface area (Å²) in [6.07, 6.45) is -1.20. The SMILES string of the molecule is CN(C(=O)C12CC3OC(=O)C1N(Cc1ccccc1C=CC(=O)OC1C(=O)OCC1(C)C)OC2C1OCOC31)C(Cc1ccccc1)C(=O)NCCO. The number of likely N-dealkylation sites (N-methyl/N-ethyl adjacent to an activating group) is 1. The van der Waals surface area contributed by atoms with E-state index in [1.807, 2.05) is 30.3 Å². The first kappa shape index (κ1) is 36.7. The summed E-state index contributed by atoms with van der Waals surface area (Å²) in [7, 11) is 1.53. The molecule has 282 valence electrons. The second-order valence-corrected chi connectivity index (χ2v) is 14.7. The predicted molar refractivity (Wildman–Crippen MR) is 183 cm³/mol. The second kappa shape index (κ2) is 14.6. The maximum absolute atomic E-state index is 15.1. The molecule has 4 heterocycles. The first-order chi connectivity index (χ1) is 25.4. The Kier molecular flexibility index (Phi) is 10.1. The average molecular weight is 734 g/mol. The summed E-state index contributed by atoms with van der Waals surface area (Å²) in [6, 6.07) is 14.2. The molecule has 15 heteroatoms. The van der Waals surface area contributed by atoms with E-state index in [4.69, 9.17) is 28.5 Å². The number of hydrogen-bond acceptors (Lipinski definition) is 13. The molecule has 1 saturated carbocycles. The van der Waals surface area contributed by atoms with E-state index in [1.54, 1.807) is 44.2 Å². The number of carbonyl (C=O) groups excluding carboxylic acids is 5. The summed E-state index contributed by atoms with van der Waals surface area (Å²) in [5, 5.41) is 13.6. The first-order valence-electron chi connectivity index (χ1n) is 17.6. The highest BCUT2D eigenvalue weighted by Crippen LogP contribution is 2.56. The minimum Gasteiger partial charge on any atom is -0.462 e. The number of amides is 2. The molecule has 8 atom stereocenters. The Morgan fingerprint density at radius 2 is 1.79 bits per heavy atom. The third kappa shape index (κ3) is 6.72. The van der Waals surface area contributed by atoms with Crippen LogP contribution < -0.4 is 5.32 Å². The predicted octanol–water partition coefficient (Wildman–Crippen LogP) is 0.914. The molecule has 2 aromatic rings. The summed E-state index contributed by atoms with van der Waals surface area (Å²) in [4.78, 5) is 75.6. The minimum atomic E-state index is -1.52. The Balaban J connectivity index is 1.19. The van der Waals surface area contributed by atoms with Gasteiger partial charge in [0, 0.05) is 37.9 Å². The summed E-state index contributed by atoms with van der Waals surface area (Å²) in [5.41, 5.74) is -0.139. The van der Waals surface area contributed by atoms with Crippen molar-refractivity contribution in [1.82, 2.24) is 15.3 Å². The molecule has 2 aromatic carbocycles. The summed E-state index contributed by atoms with van der Waals surface area (Å²) < 4.78 is 28.3. The topological polar surface area (TPSA) is 179 Å². The molecule has 0 radical (unpaired) electrons. The standard InChI is InChI=1S/C38H43N3O12/c1-37(2)20-48-35(46)32(37)52-27(43)14-13-23-11-7-8-12-24(23)19-41-30-34(45)51-26-18-38(30,31(53-41)29-28(26)49-21-50-29)36(47)40(3)25(33(44)39-15-16-42)17-22-9-5-4-6-10-22/h4-14,25-26,28-32,42H,15-21H2,1-3H3,(H,39,44). The molecule has 53 heavy (non-hydrogen) atoms. The highest BCUT2D eigenvalue weighted by atomic mass is 16.8. The van der Waals surface area contributed by atoms with Crippen LogP contribution in [-0.4, -0.2) is 121 Å². The summed E-state index contributed by atoms with van der Waals surface area (Å²) >= 11 is 0. The fraction of sp³-hybridized carbons (Fsp3) is 0.500. The van der Waals surface area contributed by atoms with Crippen molar-refractivity contribution in [1.29, 1.82) is 0 Å². The van der Waals surface area contributed by atoms with E-state index in [-0.39, 0.29) is 45.9 Å². The van der Waals surface area contributed by atoms with Crippen LogP contribution >= 0.6 is 0 Å². The Labute approximate surface area is 306 Å². The van der Waals surface area contributed by atoms with Crippen molar-refractivity contribution < 1.29 is 57.6 Å². The molecule has 1 aliphatic carbocycles. The number of rotatable bonds is 12. The third-order valence-electron chi connectivity index (χ3n) is 10.8. The zero-order valence-corrected chi connectivity index (χ0v) is 29.7. The zero-order chi connectivity index (χ0) is 37.5. The number of aliphatic hydroxyl groups excluding tert-OH is 1. The smallest absolute Gasteiger partial charge is 0.348 e. The second-order valence-electron chi connectivity index (χ2n) is 14.7. The lowest BCUT2D eigenvalue weighted by Gasteiger charge is -2.50. The van der Waals surface area contributed by atoms with Gasteiger partial charge in [-0.2, -0.15) is 5.06 Å². The highest BCUT2D eigenvalue weighted by Gasteiger charge is 2.75. The third-order valence-corrected chi connectivity index (χ3v) is 10.8. The molecular formula is C38H43N3O12. The number of carbonyl (C=O) groups is 5. The molecule has 7 rings (SSSR count). The van der Waals surface area contributed by atoms with E-state index in [2.05, 4.69) is 5.32 Å². The molecule has 5 fully saturated rings. The molecule has 15 nitrogen and oxygen atoms in total. The number of hydrogen-bond donors (Lipinski definition) is 2. The first-order valence-corrected chi connectivity index (χ1v) is 17.6. The molecule has 4 saturated heterocycles. The zero-order valence-electron chi connectivity index (χ0n) is 29.7. The van der Waals surface area contributed by atoms with Crippen LogP contribution in [0.5, 0.6) is 0 Å². The van der Waals surface area contributed by atoms with Crippen LogP contribution in [0, 0.1) is 10.8 Å². The van der Waals surface area contributed by atoms with Gasteiger partial charge in [0.1, 0.15) is 49.3 Å². The molecule has 0 aromatic heterocycles. The number of aliphatic hydroxyl groups is 1. The summed E-state index contributed by atoms with van der Waals surface area (Å²) in [6.45, 7) is 3.33. The minimum absolute atomic E-state index is 0.000105. The van der Waals surface area contributed by atoms with Gasteiger partial charge in [-0.3, -0.25) is 19.2 Å². The van der Waals surface area contributed by atoms with Crippen molar-refractivity contribution in [2.45, 2.75) is 75.8 Å². The van der Waals surface area contributed by atoms with Crippen molar-refractivity contribution in [2.75, 3.05) is 33.6 Å².